The van der Waals surface area contributed by atoms with E-state index < -0.39 is 6.04 Å². The Labute approximate surface area is 155 Å². The molecular weight excluding hydrogens is 356 g/mol. The van der Waals surface area contributed by atoms with Crippen LogP contribution in [0.2, 0.25) is 5.02 Å². The molecule has 3 aromatic rings. The first-order chi connectivity index (χ1) is 12.1. The molecular formula is C19H17ClN2O2S. The molecule has 0 bridgehead atoms. The van der Waals surface area contributed by atoms with Crippen LogP contribution in [0.1, 0.15) is 27.0 Å². The van der Waals surface area contributed by atoms with Crippen LogP contribution < -0.4 is 5.32 Å². The van der Waals surface area contributed by atoms with Crippen LogP contribution in [0.4, 0.5) is 0 Å². The zero-order valence-electron chi connectivity index (χ0n) is 13.6. The molecule has 2 aromatic carbocycles. The molecule has 0 fully saturated rings. The van der Waals surface area contributed by atoms with Gasteiger partial charge in [-0.3, -0.25) is 4.79 Å². The molecule has 1 atom stereocenters. The second-order valence-electron chi connectivity index (χ2n) is 5.53. The fourth-order valence-electron chi connectivity index (χ4n) is 2.50. The number of carbonyl (C=O) groups excluding carboxylic acids is 1. The van der Waals surface area contributed by atoms with Gasteiger partial charge in [0.2, 0.25) is 0 Å². The Morgan fingerprint density at radius 1 is 1.20 bits per heavy atom. The number of hydrogen-bond donors (Lipinski definition) is 2. The van der Waals surface area contributed by atoms with Crippen molar-refractivity contribution in [3.63, 3.8) is 0 Å². The number of aryl methyl sites for hydroxylation is 1. The maximum atomic E-state index is 12.7. The van der Waals surface area contributed by atoms with Crippen LogP contribution in [0.25, 0.3) is 10.6 Å². The minimum absolute atomic E-state index is 0.176. The van der Waals surface area contributed by atoms with Crippen molar-refractivity contribution in [1.82, 2.24) is 10.3 Å². The molecule has 0 aliphatic heterocycles. The topological polar surface area (TPSA) is 62.2 Å². The molecule has 128 valence electrons. The standard InChI is InChI=1S/C19H17ClN2O2S/c1-12-17(25-19(21-12)14-9-5-6-10-15(14)20)18(24)22-16(11-23)13-7-3-2-4-8-13/h2-10,16,23H,11H2,1H3,(H,22,24). The van der Waals surface area contributed by atoms with Crippen LogP contribution >= 0.6 is 22.9 Å². The first-order valence-corrected chi connectivity index (χ1v) is 8.98. The van der Waals surface area contributed by atoms with E-state index in [1.54, 1.807) is 13.0 Å². The maximum Gasteiger partial charge on any atom is 0.263 e. The highest BCUT2D eigenvalue weighted by atomic mass is 35.5. The van der Waals surface area contributed by atoms with E-state index in [0.29, 0.717) is 20.6 Å². The van der Waals surface area contributed by atoms with E-state index in [1.807, 2.05) is 48.5 Å². The van der Waals surface area contributed by atoms with Crippen molar-refractivity contribution in [1.29, 1.82) is 0 Å². The van der Waals surface area contributed by atoms with E-state index in [1.165, 1.54) is 11.3 Å². The Balaban J connectivity index is 1.84. The van der Waals surface area contributed by atoms with Gasteiger partial charge in [-0.1, -0.05) is 60.1 Å². The van der Waals surface area contributed by atoms with E-state index in [4.69, 9.17) is 11.6 Å². The molecule has 0 radical (unpaired) electrons. The quantitative estimate of drug-likeness (QED) is 0.704. The Bertz CT molecular complexity index is 880. The zero-order chi connectivity index (χ0) is 17.8. The van der Waals surface area contributed by atoms with Crippen LogP contribution in [0.5, 0.6) is 0 Å². The Kier molecular flexibility index (Phi) is 5.48. The fraction of sp³-hybridized carbons (Fsp3) is 0.158. The van der Waals surface area contributed by atoms with Crippen molar-refractivity contribution in [3.8, 4) is 10.6 Å². The number of hydrogen-bond acceptors (Lipinski definition) is 4. The molecule has 1 heterocycles. The van der Waals surface area contributed by atoms with Crippen LogP contribution in [-0.4, -0.2) is 22.6 Å². The normalized spacial score (nSPS) is 12.0. The van der Waals surface area contributed by atoms with Gasteiger partial charge < -0.3 is 10.4 Å². The summed E-state index contributed by atoms with van der Waals surface area (Å²) in [6, 6.07) is 16.3. The van der Waals surface area contributed by atoms with Gasteiger partial charge >= 0.3 is 0 Å². The minimum atomic E-state index is -0.459. The number of amides is 1. The lowest BCUT2D eigenvalue weighted by atomic mass is 10.1. The lowest BCUT2D eigenvalue weighted by Gasteiger charge is -2.16. The molecule has 2 N–H and O–H groups in total. The van der Waals surface area contributed by atoms with Crippen molar-refractivity contribution >= 4 is 28.8 Å². The molecule has 4 nitrogen and oxygen atoms in total. The molecule has 1 aromatic heterocycles. The summed E-state index contributed by atoms with van der Waals surface area (Å²) in [5.41, 5.74) is 2.30. The Hall–Kier alpha value is -2.21. The molecule has 6 heteroatoms. The number of halogens is 1. The van der Waals surface area contributed by atoms with Gasteiger partial charge in [0.25, 0.3) is 5.91 Å². The smallest absolute Gasteiger partial charge is 0.263 e. The lowest BCUT2D eigenvalue weighted by molar-refractivity contribution is 0.0919. The summed E-state index contributed by atoms with van der Waals surface area (Å²) in [5, 5.41) is 13.8. The van der Waals surface area contributed by atoms with E-state index in [-0.39, 0.29) is 12.5 Å². The van der Waals surface area contributed by atoms with Crippen LogP contribution in [0.15, 0.2) is 54.6 Å². The van der Waals surface area contributed by atoms with Gasteiger partial charge in [0.15, 0.2) is 0 Å². The van der Waals surface area contributed by atoms with Gasteiger partial charge in [0.05, 0.1) is 23.4 Å². The van der Waals surface area contributed by atoms with Crippen LogP contribution in [0.3, 0.4) is 0 Å². The highest BCUT2D eigenvalue weighted by Crippen LogP contribution is 2.32. The number of aliphatic hydroxyl groups is 1. The zero-order valence-corrected chi connectivity index (χ0v) is 15.1. The molecule has 3 rings (SSSR count). The molecule has 0 aliphatic rings. The lowest BCUT2D eigenvalue weighted by Crippen LogP contribution is -2.30. The largest absolute Gasteiger partial charge is 0.394 e. The van der Waals surface area contributed by atoms with Gasteiger partial charge in [-0.25, -0.2) is 4.98 Å². The molecule has 1 amide bonds. The number of benzene rings is 2. The summed E-state index contributed by atoms with van der Waals surface area (Å²) in [7, 11) is 0. The molecule has 0 aliphatic carbocycles. The second-order valence-corrected chi connectivity index (χ2v) is 6.94. The number of aromatic nitrogens is 1. The average Bonchev–Trinajstić information content (AvgIpc) is 3.02. The van der Waals surface area contributed by atoms with Crippen molar-refractivity contribution in [2.45, 2.75) is 13.0 Å². The second kappa shape index (κ2) is 7.78. The summed E-state index contributed by atoms with van der Waals surface area (Å²) in [6.45, 7) is 1.62. The maximum absolute atomic E-state index is 12.7. The Morgan fingerprint density at radius 2 is 1.88 bits per heavy atom. The first-order valence-electron chi connectivity index (χ1n) is 7.79. The average molecular weight is 373 g/mol. The monoisotopic (exact) mass is 372 g/mol. The highest BCUT2D eigenvalue weighted by Gasteiger charge is 2.20. The molecule has 0 spiro atoms. The third kappa shape index (κ3) is 3.90. The minimum Gasteiger partial charge on any atom is -0.394 e. The molecule has 0 saturated carbocycles. The summed E-state index contributed by atoms with van der Waals surface area (Å²) in [4.78, 5) is 17.7. The van der Waals surface area contributed by atoms with Gasteiger partial charge in [-0.05, 0) is 18.6 Å². The van der Waals surface area contributed by atoms with Crippen LogP contribution in [0, 0.1) is 6.92 Å². The highest BCUT2D eigenvalue weighted by molar-refractivity contribution is 7.17. The predicted octanol–water partition coefficient (Wildman–Crippen LogP) is 4.24. The van der Waals surface area contributed by atoms with E-state index in [2.05, 4.69) is 10.3 Å². The SMILES string of the molecule is Cc1nc(-c2ccccc2Cl)sc1C(=O)NC(CO)c1ccccc1. The van der Waals surface area contributed by atoms with Crippen molar-refractivity contribution in [3.05, 3.63) is 75.8 Å². The summed E-state index contributed by atoms with van der Waals surface area (Å²) in [5.74, 6) is -0.254. The molecule has 25 heavy (non-hydrogen) atoms. The number of thiazole rings is 1. The number of carbonyl (C=O) groups is 1. The fourth-order valence-corrected chi connectivity index (χ4v) is 3.79. The van der Waals surface area contributed by atoms with Crippen molar-refractivity contribution in [2.24, 2.45) is 0 Å². The van der Waals surface area contributed by atoms with E-state index in [0.717, 1.165) is 11.1 Å². The number of nitrogens with zero attached hydrogens (tertiary/aromatic N) is 1. The summed E-state index contributed by atoms with van der Waals surface area (Å²) in [6.07, 6.45) is 0. The van der Waals surface area contributed by atoms with Gasteiger partial charge in [-0.2, -0.15) is 0 Å². The van der Waals surface area contributed by atoms with Crippen molar-refractivity contribution < 1.29 is 9.90 Å². The molecule has 1 unspecified atom stereocenters. The first kappa shape index (κ1) is 17.6. The third-order valence-corrected chi connectivity index (χ3v) is 5.32. The third-order valence-electron chi connectivity index (χ3n) is 3.80. The van der Waals surface area contributed by atoms with Gasteiger partial charge in [-0.15, -0.1) is 11.3 Å². The van der Waals surface area contributed by atoms with E-state index >= 15 is 0 Å². The number of nitrogens with one attached hydrogen (secondary N) is 1. The van der Waals surface area contributed by atoms with Gasteiger partial charge in [0.1, 0.15) is 9.88 Å². The van der Waals surface area contributed by atoms with E-state index in [9.17, 15) is 9.90 Å². The number of aliphatic hydroxyl groups excluding tert-OH is 1. The summed E-state index contributed by atoms with van der Waals surface area (Å²) >= 11 is 7.51. The number of rotatable bonds is 5. The van der Waals surface area contributed by atoms with Gasteiger partial charge in [0, 0.05) is 5.56 Å². The summed E-state index contributed by atoms with van der Waals surface area (Å²) < 4.78 is 0. The predicted molar refractivity (Wildman–Crippen MR) is 101 cm³/mol. The van der Waals surface area contributed by atoms with Crippen LogP contribution in [-0.2, 0) is 0 Å². The molecule has 0 saturated heterocycles. The van der Waals surface area contributed by atoms with Crippen molar-refractivity contribution in [2.75, 3.05) is 6.61 Å². The Morgan fingerprint density at radius 3 is 2.56 bits per heavy atom.